The number of benzene rings is 1. The van der Waals surface area contributed by atoms with Crippen molar-refractivity contribution in [3.63, 3.8) is 0 Å². The topological polar surface area (TPSA) is 0 Å². The van der Waals surface area contributed by atoms with Crippen LogP contribution < -0.4 is 0 Å². The zero-order valence-corrected chi connectivity index (χ0v) is 10.7. The zero-order valence-electron chi connectivity index (χ0n) is 10.7. The molecule has 0 aliphatic rings. The Labute approximate surface area is 103 Å². The average Bonchev–Trinajstić information content (AvgIpc) is 2.33. The molecule has 0 heteroatoms. The molecule has 0 aliphatic carbocycles. The molecule has 0 N–H and O–H groups in total. The Balaban J connectivity index is -0.000000305. The molecule has 0 unspecified atom stereocenters. The fourth-order valence-corrected chi connectivity index (χ4v) is 0.945. The fraction of sp³-hybridized carbons (Fsp3) is 0.375. The van der Waals surface area contributed by atoms with Crippen LogP contribution in [0, 0.1) is 6.92 Å². The molecular weight excluding hydrogens is 192 g/mol. The molecule has 1 aromatic rings. The van der Waals surface area contributed by atoms with Crippen molar-refractivity contribution in [1.82, 2.24) is 0 Å². The van der Waals surface area contributed by atoms with E-state index in [2.05, 4.69) is 31.7 Å². The van der Waals surface area contributed by atoms with E-state index in [0.29, 0.717) is 0 Å². The summed E-state index contributed by atoms with van der Waals surface area (Å²) >= 11 is 0. The maximum absolute atomic E-state index is 3.62. The summed E-state index contributed by atoms with van der Waals surface area (Å²) in [5, 5.41) is 0. The Morgan fingerprint density at radius 2 is 1.50 bits per heavy atom. The summed E-state index contributed by atoms with van der Waals surface area (Å²) in [5.74, 6) is 0. The normalized spacial score (nSPS) is 7.81. The van der Waals surface area contributed by atoms with Crippen molar-refractivity contribution in [2.75, 3.05) is 0 Å². The van der Waals surface area contributed by atoms with E-state index < -0.39 is 0 Å². The molecule has 0 atom stereocenters. The van der Waals surface area contributed by atoms with Gasteiger partial charge in [0.25, 0.3) is 0 Å². The lowest BCUT2D eigenvalue weighted by Crippen LogP contribution is -1.76. The number of aryl methyl sites for hydroxylation is 1. The Morgan fingerprint density at radius 1 is 1.00 bits per heavy atom. The van der Waals surface area contributed by atoms with E-state index in [1.54, 1.807) is 6.08 Å². The Hall–Kier alpha value is -1.30. The summed E-state index contributed by atoms with van der Waals surface area (Å²) in [7, 11) is 0. The van der Waals surface area contributed by atoms with Gasteiger partial charge in [0, 0.05) is 0 Å². The predicted molar refractivity (Wildman–Crippen MR) is 79.8 cm³/mol. The van der Waals surface area contributed by atoms with Crippen LogP contribution in [0.4, 0.5) is 0 Å². The monoisotopic (exact) mass is 220 g/mol. The molecule has 16 heavy (non-hydrogen) atoms. The van der Waals surface area contributed by atoms with E-state index in [0.717, 1.165) is 0 Å². The lowest BCUT2D eigenvalue weighted by atomic mass is 10.1. The Kier molecular flexibility index (Phi) is 20.3. The number of allylic oxidation sites excluding steroid dienone is 2. The van der Waals surface area contributed by atoms with Crippen LogP contribution in [0.5, 0.6) is 0 Å². The fourth-order valence-electron chi connectivity index (χ4n) is 0.945. The molecule has 1 aromatic carbocycles. The van der Waals surface area contributed by atoms with Crippen molar-refractivity contribution < 1.29 is 0 Å². The first kappa shape index (κ1) is 20.2. The minimum atomic E-state index is 0. The summed E-state index contributed by atoms with van der Waals surface area (Å²) in [4.78, 5) is 0. The summed E-state index contributed by atoms with van der Waals surface area (Å²) in [6.45, 7) is 13.7. The molecule has 0 radical (unpaired) electrons. The van der Waals surface area contributed by atoms with Gasteiger partial charge in [-0.2, -0.15) is 0 Å². The van der Waals surface area contributed by atoms with Crippen LogP contribution in [0.15, 0.2) is 43.0 Å². The number of hydrogen-bond acceptors (Lipinski definition) is 0. The number of hydrogen-bond donors (Lipinski definition) is 0. The lowest BCUT2D eigenvalue weighted by molar-refractivity contribution is 1.44. The van der Waals surface area contributed by atoms with Crippen LogP contribution in [0.1, 0.15) is 46.2 Å². The van der Waals surface area contributed by atoms with E-state index in [1.807, 2.05) is 45.9 Å². The first-order valence-electron chi connectivity index (χ1n) is 5.69. The first-order valence-corrected chi connectivity index (χ1v) is 5.69. The highest BCUT2D eigenvalue weighted by atomic mass is 13.9. The molecule has 0 nitrogen and oxygen atoms in total. The smallest absolute Gasteiger partial charge is 0.0227 e. The first-order chi connectivity index (χ1) is 7.34. The minimum Gasteiger partial charge on any atom is -0.0991 e. The highest BCUT2D eigenvalue weighted by Gasteiger charge is 1.88. The SMILES string of the molecule is C.C=C/C=C\c1ccccc1C.CC.CC. The average molecular weight is 220 g/mol. The van der Waals surface area contributed by atoms with Crippen molar-refractivity contribution in [3.8, 4) is 0 Å². The largest absolute Gasteiger partial charge is 0.0991 e. The third-order valence-corrected chi connectivity index (χ3v) is 1.60. The molecule has 0 spiro atoms. The molecule has 0 saturated carbocycles. The van der Waals surface area contributed by atoms with Crippen molar-refractivity contribution in [1.29, 1.82) is 0 Å². The molecule has 0 fully saturated rings. The molecule has 0 saturated heterocycles. The van der Waals surface area contributed by atoms with Crippen molar-refractivity contribution in [2.45, 2.75) is 42.0 Å². The van der Waals surface area contributed by atoms with Gasteiger partial charge in [-0.05, 0) is 18.1 Å². The van der Waals surface area contributed by atoms with Gasteiger partial charge in [0.1, 0.15) is 0 Å². The van der Waals surface area contributed by atoms with Gasteiger partial charge < -0.3 is 0 Å². The van der Waals surface area contributed by atoms with E-state index in [4.69, 9.17) is 0 Å². The second-order valence-corrected chi connectivity index (χ2v) is 2.45. The summed E-state index contributed by atoms with van der Waals surface area (Å²) in [6, 6.07) is 8.27. The molecule has 1 rings (SSSR count). The molecular formula is C16H28. The van der Waals surface area contributed by atoms with E-state index >= 15 is 0 Å². The van der Waals surface area contributed by atoms with Gasteiger partial charge in [-0.15, -0.1) is 0 Å². The van der Waals surface area contributed by atoms with E-state index in [-0.39, 0.29) is 7.43 Å². The summed E-state index contributed by atoms with van der Waals surface area (Å²) < 4.78 is 0. The van der Waals surface area contributed by atoms with Crippen LogP contribution in [0.2, 0.25) is 0 Å². The second-order valence-electron chi connectivity index (χ2n) is 2.45. The third-order valence-electron chi connectivity index (χ3n) is 1.60. The van der Waals surface area contributed by atoms with Crippen LogP contribution in [0.3, 0.4) is 0 Å². The van der Waals surface area contributed by atoms with Gasteiger partial charge >= 0.3 is 0 Å². The lowest BCUT2D eigenvalue weighted by Gasteiger charge is -1.96. The van der Waals surface area contributed by atoms with Crippen LogP contribution in [0.25, 0.3) is 6.08 Å². The Bertz CT molecular complexity index is 269. The summed E-state index contributed by atoms with van der Waals surface area (Å²) in [6.07, 6.45) is 5.79. The van der Waals surface area contributed by atoms with Crippen molar-refractivity contribution in [2.24, 2.45) is 0 Å². The quantitative estimate of drug-likeness (QED) is 0.546. The van der Waals surface area contributed by atoms with Crippen LogP contribution in [-0.4, -0.2) is 0 Å². The molecule has 0 heterocycles. The molecule has 0 amide bonds. The minimum absolute atomic E-state index is 0. The van der Waals surface area contributed by atoms with Gasteiger partial charge in [0.15, 0.2) is 0 Å². The van der Waals surface area contributed by atoms with Gasteiger partial charge in [0.2, 0.25) is 0 Å². The maximum atomic E-state index is 3.62. The Morgan fingerprint density at radius 3 is 1.94 bits per heavy atom. The standard InChI is InChI=1S/C11H12.2C2H6.CH4/c1-3-4-8-11-9-6-5-7-10(11)2;2*1-2;/h3-9H,1H2,2H3;2*1-2H3;1H4/b8-4-;;;. The maximum Gasteiger partial charge on any atom is -0.0227 e. The highest BCUT2D eigenvalue weighted by Crippen LogP contribution is 2.08. The third kappa shape index (κ3) is 9.26. The van der Waals surface area contributed by atoms with Crippen LogP contribution in [-0.2, 0) is 0 Å². The van der Waals surface area contributed by atoms with Gasteiger partial charge in [0.05, 0.1) is 0 Å². The number of rotatable bonds is 2. The van der Waals surface area contributed by atoms with E-state index in [9.17, 15) is 0 Å². The molecule has 92 valence electrons. The van der Waals surface area contributed by atoms with Crippen molar-refractivity contribution >= 4 is 6.08 Å². The summed E-state index contributed by atoms with van der Waals surface area (Å²) in [5.41, 5.74) is 2.55. The van der Waals surface area contributed by atoms with Crippen LogP contribution >= 0.6 is 0 Å². The van der Waals surface area contributed by atoms with E-state index in [1.165, 1.54) is 11.1 Å². The molecule has 0 aromatic heterocycles. The van der Waals surface area contributed by atoms with Gasteiger partial charge in [-0.1, -0.05) is 84.2 Å². The highest BCUT2D eigenvalue weighted by molar-refractivity contribution is 5.54. The van der Waals surface area contributed by atoms with Gasteiger partial charge in [-0.25, -0.2) is 0 Å². The molecule has 0 aliphatic heterocycles. The predicted octanol–water partition coefficient (Wildman–Crippen LogP) is 5.88. The van der Waals surface area contributed by atoms with Crippen molar-refractivity contribution in [3.05, 3.63) is 54.1 Å². The zero-order chi connectivity index (χ0) is 12.1. The molecule has 0 bridgehead atoms. The van der Waals surface area contributed by atoms with Gasteiger partial charge in [-0.3, -0.25) is 0 Å². The second kappa shape index (κ2) is 16.1.